The summed E-state index contributed by atoms with van der Waals surface area (Å²) in [6.45, 7) is 0. The van der Waals surface area contributed by atoms with E-state index in [1.165, 1.54) is 0 Å². The first-order valence-corrected chi connectivity index (χ1v) is 1.57. The molecule has 1 unspecified atom stereocenters. The van der Waals surface area contributed by atoms with Crippen LogP contribution in [0.15, 0.2) is 0 Å². The van der Waals surface area contributed by atoms with Gasteiger partial charge in [-0.05, 0) is 11.6 Å². The second-order valence-corrected chi connectivity index (χ2v) is 1.12. The molecule has 0 fully saturated rings. The van der Waals surface area contributed by atoms with Crippen LogP contribution in [0.4, 0.5) is 4.39 Å². The molecule has 0 aromatic rings. The Hall–Kier alpha value is 0.140. The highest BCUT2D eigenvalue weighted by Crippen LogP contribution is 2.11. The smallest absolute Gasteiger partial charge is 0.312 e. The molecule has 0 aliphatic rings. The molecule has 2 nitrogen and oxygen atoms in total. The molecule has 0 aliphatic carbocycles. The van der Waals surface area contributed by atoms with E-state index in [1.54, 1.807) is 0 Å². The van der Waals surface area contributed by atoms with Gasteiger partial charge in [0.25, 0.3) is 0 Å². The lowest BCUT2D eigenvalue weighted by molar-refractivity contribution is -0.245. The number of hydrogen-bond donors (Lipinski definition) is 0. The van der Waals surface area contributed by atoms with Gasteiger partial charge in [0.15, 0.2) is 0 Å². The average molecular weight is 113 g/mol. The van der Waals surface area contributed by atoms with Crippen molar-refractivity contribution in [2.75, 3.05) is 7.11 Å². The third-order valence-corrected chi connectivity index (χ3v) is 0.392. The fraction of sp³-hybridized carbons (Fsp3) is 1.00. The fourth-order valence-electron chi connectivity index (χ4n) is 0. The first-order valence-electron chi connectivity index (χ1n) is 1.19. The number of methoxy groups -OCH3 is 1. The SMILES string of the molecule is COC([O])(F)Cl. The summed E-state index contributed by atoms with van der Waals surface area (Å²) in [5, 5.41) is 9.35. The van der Waals surface area contributed by atoms with Gasteiger partial charge >= 0.3 is 5.50 Å². The van der Waals surface area contributed by atoms with Gasteiger partial charge in [-0.15, -0.1) is 5.11 Å². The summed E-state index contributed by atoms with van der Waals surface area (Å²) in [4.78, 5) is 0. The van der Waals surface area contributed by atoms with Crippen LogP contribution in [0.3, 0.4) is 0 Å². The predicted octanol–water partition coefficient (Wildman–Crippen LogP) is 0.883. The van der Waals surface area contributed by atoms with Crippen LogP contribution >= 0.6 is 11.6 Å². The van der Waals surface area contributed by atoms with Crippen LogP contribution in [0.2, 0.25) is 0 Å². The largest absolute Gasteiger partial charge is 0.431 e. The van der Waals surface area contributed by atoms with Crippen molar-refractivity contribution >= 4 is 11.6 Å². The van der Waals surface area contributed by atoms with Crippen molar-refractivity contribution in [3.63, 3.8) is 0 Å². The minimum absolute atomic E-state index is 0.889. The van der Waals surface area contributed by atoms with E-state index in [1.807, 2.05) is 0 Å². The topological polar surface area (TPSA) is 29.1 Å². The Balaban J connectivity index is 3.17. The molecule has 0 spiro atoms. The van der Waals surface area contributed by atoms with Gasteiger partial charge in [0, 0.05) is 7.11 Å². The second-order valence-electron chi connectivity index (χ2n) is 0.667. The van der Waals surface area contributed by atoms with E-state index >= 15 is 0 Å². The molecule has 4 heteroatoms. The van der Waals surface area contributed by atoms with Gasteiger partial charge < -0.3 is 4.74 Å². The van der Waals surface area contributed by atoms with Crippen molar-refractivity contribution < 1.29 is 14.2 Å². The highest BCUT2D eigenvalue weighted by Gasteiger charge is 2.21. The highest BCUT2D eigenvalue weighted by atomic mass is 35.5. The summed E-state index contributed by atoms with van der Waals surface area (Å²) < 4.78 is 14.6. The Labute approximate surface area is 39.5 Å². The maximum absolute atomic E-state index is 11.1. The summed E-state index contributed by atoms with van der Waals surface area (Å²) in [6, 6.07) is 0. The fourth-order valence-corrected chi connectivity index (χ4v) is 0. The first-order chi connectivity index (χ1) is 2.56. The van der Waals surface area contributed by atoms with E-state index in [0.29, 0.717) is 0 Å². The summed E-state index contributed by atoms with van der Waals surface area (Å²) in [5.41, 5.74) is -3.24. The minimum Gasteiger partial charge on any atom is -0.312 e. The zero-order valence-corrected chi connectivity index (χ0v) is 3.83. The van der Waals surface area contributed by atoms with Crippen LogP contribution in [0.1, 0.15) is 0 Å². The lowest BCUT2D eigenvalue weighted by Gasteiger charge is -1.99. The Morgan fingerprint density at radius 2 is 2.17 bits per heavy atom. The predicted molar refractivity (Wildman–Crippen MR) is 17.4 cm³/mol. The van der Waals surface area contributed by atoms with Crippen LogP contribution < -0.4 is 0 Å². The lowest BCUT2D eigenvalue weighted by Crippen LogP contribution is -2.11. The van der Waals surface area contributed by atoms with E-state index in [9.17, 15) is 9.50 Å². The molecule has 1 atom stereocenters. The van der Waals surface area contributed by atoms with Crippen molar-refractivity contribution in [1.29, 1.82) is 0 Å². The van der Waals surface area contributed by atoms with E-state index < -0.39 is 5.50 Å². The molecule has 0 rings (SSSR count). The Bertz CT molecular complexity index is 41.3. The highest BCUT2D eigenvalue weighted by molar-refractivity contribution is 6.20. The van der Waals surface area contributed by atoms with Gasteiger partial charge in [-0.25, -0.2) is 0 Å². The molecule has 0 saturated carbocycles. The monoisotopic (exact) mass is 113 g/mol. The zero-order chi connectivity index (χ0) is 5.21. The third kappa shape index (κ3) is 4.14. The number of rotatable bonds is 1. The number of ether oxygens (including phenoxy) is 1. The van der Waals surface area contributed by atoms with E-state index in [4.69, 9.17) is 0 Å². The van der Waals surface area contributed by atoms with Crippen LogP contribution in [-0.2, 0) is 9.84 Å². The maximum Gasteiger partial charge on any atom is 0.431 e. The van der Waals surface area contributed by atoms with Crippen LogP contribution in [0.25, 0.3) is 0 Å². The lowest BCUT2D eigenvalue weighted by atomic mass is 11.3. The molecule has 0 aliphatic heterocycles. The minimum atomic E-state index is -3.24. The summed E-state index contributed by atoms with van der Waals surface area (Å²) in [7, 11) is 0.889. The molecule has 0 aromatic carbocycles. The van der Waals surface area contributed by atoms with E-state index in [0.717, 1.165) is 7.11 Å². The van der Waals surface area contributed by atoms with Gasteiger partial charge in [0.2, 0.25) is 0 Å². The zero-order valence-electron chi connectivity index (χ0n) is 3.07. The van der Waals surface area contributed by atoms with Crippen LogP contribution in [0.5, 0.6) is 0 Å². The van der Waals surface area contributed by atoms with Crippen molar-refractivity contribution in [3.05, 3.63) is 0 Å². The van der Waals surface area contributed by atoms with Gasteiger partial charge in [0.05, 0.1) is 0 Å². The molecule has 0 heterocycles. The van der Waals surface area contributed by atoms with Crippen molar-refractivity contribution in [3.8, 4) is 0 Å². The molecule has 0 N–H and O–H groups in total. The quantitative estimate of drug-likeness (QED) is 0.367. The Kier molecular flexibility index (Phi) is 1.77. The van der Waals surface area contributed by atoms with Gasteiger partial charge in [-0.2, -0.15) is 4.39 Å². The molecule has 0 saturated heterocycles. The summed E-state index contributed by atoms with van der Waals surface area (Å²) in [5.74, 6) is 0. The first kappa shape index (κ1) is 6.14. The van der Waals surface area contributed by atoms with Crippen LogP contribution in [0, 0.1) is 0 Å². The van der Waals surface area contributed by atoms with Crippen molar-refractivity contribution in [2.45, 2.75) is 5.50 Å². The Morgan fingerprint density at radius 3 is 2.17 bits per heavy atom. The summed E-state index contributed by atoms with van der Waals surface area (Å²) in [6.07, 6.45) is 0. The molecule has 0 amide bonds. The average Bonchev–Trinajstić information content (AvgIpc) is 1.35. The third-order valence-electron chi connectivity index (χ3n) is 0.238. The van der Waals surface area contributed by atoms with E-state index in [2.05, 4.69) is 16.3 Å². The molecule has 1 radical (unpaired) electrons. The number of hydrogen-bond acceptors (Lipinski definition) is 1. The van der Waals surface area contributed by atoms with Gasteiger partial charge in [-0.3, -0.25) is 0 Å². The van der Waals surface area contributed by atoms with Gasteiger partial charge in [-0.1, -0.05) is 0 Å². The summed E-state index contributed by atoms with van der Waals surface area (Å²) >= 11 is 4.27. The molecule has 0 bridgehead atoms. The normalized spacial score (nSPS) is 20.0. The number of alkyl halides is 2. The number of halogens is 2. The van der Waals surface area contributed by atoms with E-state index in [-0.39, 0.29) is 0 Å². The molecular weight excluding hydrogens is 110 g/mol. The van der Waals surface area contributed by atoms with Gasteiger partial charge in [0.1, 0.15) is 0 Å². The standard InChI is InChI=1S/C2H3ClFO2/c1-6-2(3,4)5/h1H3. The molecule has 0 aromatic heterocycles. The molecule has 37 valence electrons. The Morgan fingerprint density at radius 1 is 2.00 bits per heavy atom. The van der Waals surface area contributed by atoms with Crippen LogP contribution in [-0.4, -0.2) is 12.6 Å². The van der Waals surface area contributed by atoms with Crippen molar-refractivity contribution in [1.82, 2.24) is 0 Å². The maximum atomic E-state index is 11.1. The second kappa shape index (κ2) is 1.73. The molecular formula is C2H3ClFO2. The van der Waals surface area contributed by atoms with Crippen molar-refractivity contribution in [2.24, 2.45) is 0 Å². The molecule has 6 heavy (non-hydrogen) atoms.